The molecule has 0 unspecified atom stereocenters. The van der Waals surface area contributed by atoms with Crippen LogP contribution in [0.3, 0.4) is 0 Å². The fourth-order valence-electron chi connectivity index (χ4n) is 1.94. The molecule has 1 aromatic heterocycles. The number of guanidine groups is 1. The molecule has 0 aliphatic carbocycles. The van der Waals surface area contributed by atoms with Gasteiger partial charge >= 0.3 is 0 Å². The Labute approximate surface area is 129 Å². The van der Waals surface area contributed by atoms with Crippen molar-refractivity contribution in [2.75, 3.05) is 0 Å². The van der Waals surface area contributed by atoms with Gasteiger partial charge in [-0.15, -0.1) is 0 Å². The lowest BCUT2D eigenvalue weighted by atomic mass is 10.1. The predicted octanol–water partition coefficient (Wildman–Crippen LogP) is 2.73. The zero-order chi connectivity index (χ0) is 15.5. The summed E-state index contributed by atoms with van der Waals surface area (Å²) in [6.07, 6.45) is 5.33. The van der Waals surface area contributed by atoms with Gasteiger partial charge in [-0.05, 0) is 32.9 Å². The minimum atomic E-state index is -0.124. The van der Waals surface area contributed by atoms with E-state index in [1.54, 1.807) is 12.5 Å². The van der Waals surface area contributed by atoms with Crippen molar-refractivity contribution in [1.82, 2.24) is 14.9 Å². The highest BCUT2D eigenvalue weighted by Gasteiger charge is 2.11. The van der Waals surface area contributed by atoms with Gasteiger partial charge in [-0.25, -0.2) is 9.98 Å². The van der Waals surface area contributed by atoms with E-state index in [0.29, 0.717) is 17.5 Å². The van der Waals surface area contributed by atoms with Gasteiger partial charge in [0.05, 0.1) is 18.6 Å². The lowest BCUT2D eigenvalue weighted by molar-refractivity contribution is 0.508. The molecule has 3 N–H and O–H groups in total. The quantitative estimate of drug-likeness (QED) is 0.677. The van der Waals surface area contributed by atoms with E-state index in [9.17, 15) is 0 Å². The highest BCUT2D eigenvalue weighted by molar-refractivity contribution is 6.31. The molecule has 112 valence electrons. The summed E-state index contributed by atoms with van der Waals surface area (Å²) in [7, 11) is 0. The van der Waals surface area contributed by atoms with Crippen LogP contribution in [0, 0.1) is 0 Å². The number of hydrogen-bond acceptors (Lipinski definition) is 2. The number of halogens is 1. The maximum Gasteiger partial charge on any atom is 0.189 e. The average molecular weight is 306 g/mol. The second-order valence-corrected chi connectivity index (χ2v) is 6.19. The number of nitrogens with two attached hydrogens (primary N) is 1. The van der Waals surface area contributed by atoms with Crippen LogP contribution in [0.25, 0.3) is 5.69 Å². The number of hydrogen-bond donors (Lipinski definition) is 2. The van der Waals surface area contributed by atoms with E-state index in [-0.39, 0.29) is 5.54 Å². The molecule has 0 radical (unpaired) electrons. The van der Waals surface area contributed by atoms with E-state index < -0.39 is 0 Å². The van der Waals surface area contributed by atoms with Crippen molar-refractivity contribution < 1.29 is 0 Å². The molecule has 0 aliphatic rings. The fraction of sp³-hybridized carbons (Fsp3) is 0.333. The Morgan fingerprint density at radius 2 is 2.19 bits per heavy atom. The van der Waals surface area contributed by atoms with Gasteiger partial charge in [-0.1, -0.05) is 17.7 Å². The Bertz CT molecular complexity index is 626. The Hall–Kier alpha value is -2.01. The first-order chi connectivity index (χ1) is 9.87. The molecule has 0 aliphatic heterocycles. The highest BCUT2D eigenvalue weighted by atomic mass is 35.5. The van der Waals surface area contributed by atoms with Crippen molar-refractivity contribution >= 4 is 17.6 Å². The third kappa shape index (κ3) is 4.23. The lowest BCUT2D eigenvalue weighted by Crippen LogP contribution is -2.45. The molecule has 0 saturated heterocycles. The summed E-state index contributed by atoms with van der Waals surface area (Å²) in [5.41, 5.74) is 7.64. The maximum atomic E-state index is 6.30. The van der Waals surface area contributed by atoms with E-state index in [4.69, 9.17) is 17.3 Å². The van der Waals surface area contributed by atoms with Crippen LogP contribution in [0.5, 0.6) is 0 Å². The normalized spacial score (nSPS) is 12.5. The molecular formula is C15H20ClN5. The highest BCUT2D eigenvalue weighted by Crippen LogP contribution is 2.24. The van der Waals surface area contributed by atoms with Crippen LogP contribution >= 0.6 is 11.6 Å². The van der Waals surface area contributed by atoms with Crippen LogP contribution in [0.15, 0.2) is 41.9 Å². The molecule has 2 aromatic rings. The third-order valence-electron chi connectivity index (χ3n) is 2.79. The zero-order valence-corrected chi connectivity index (χ0v) is 13.2. The fourth-order valence-corrected chi connectivity index (χ4v) is 2.16. The average Bonchev–Trinajstić information content (AvgIpc) is 2.88. The van der Waals surface area contributed by atoms with Gasteiger partial charge in [0, 0.05) is 28.5 Å². The molecule has 1 aromatic carbocycles. The molecular weight excluding hydrogens is 286 g/mol. The molecule has 2 rings (SSSR count). The number of rotatable bonds is 3. The van der Waals surface area contributed by atoms with Gasteiger partial charge < -0.3 is 15.6 Å². The number of aliphatic imine (C=N–C) groups is 1. The molecule has 21 heavy (non-hydrogen) atoms. The van der Waals surface area contributed by atoms with Gasteiger partial charge in [-0.2, -0.15) is 0 Å². The summed E-state index contributed by atoms with van der Waals surface area (Å²) in [6.45, 7) is 6.49. The summed E-state index contributed by atoms with van der Waals surface area (Å²) in [5, 5.41) is 3.79. The number of benzene rings is 1. The van der Waals surface area contributed by atoms with Gasteiger partial charge in [0.1, 0.15) is 0 Å². The topological polar surface area (TPSA) is 68.2 Å². The summed E-state index contributed by atoms with van der Waals surface area (Å²) >= 11 is 6.30. The second kappa shape index (κ2) is 6.18. The van der Waals surface area contributed by atoms with Crippen LogP contribution in [-0.4, -0.2) is 21.0 Å². The molecule has 0 spiro atoms. The minimum absolute atomic E-state index is 0.124. The van der Waals surface area contributed by atoms with Crippen LogP contribution < -0.4 is 11.1 Å². The largest absolute Gasteiger partial charge is 0.370 e. The zero-order valence-electron chi connectivity index (χ0n) is 12.5. The van der Waals surface area contributed by atoms with Gasteiger partial charge in [0.15, 0.2) is 5.96 Å². The minimum Gasteiger partial charge on any atom is -0.370 e. The Morgan fingerprint density at radius 1 is 1.43 bits per heavy atom. The Balaban J connectivity index is 2.26. The molecule has 0 amide bonds. The first-order valence-electron chi connectivity index (χ1n) is 6.70. The molecule has 0 bridgehead atoms. The second-order valence-electron chi connectivity index (χ2n) is 5.78. The van der Waals surface area contributed by atoms with E-state index in [1.807, 2.05) is 49.7 Å². The molecule has 6 heteroatoms. The van der Waals surface area contributed by atoms with E-state index in [0.717, 1.165) is 11.3 Å². The monoisotopic (exact) mass is 305 g/mol. The number of aromatic nitrogens is 2. The van der Waals surface area contributed by atoms with Gasteiger partial charge in [0.2, 0.25) is 0 Å². The van der Waals surface area contributed by atoms with Gasteiger partial charge in [-0.3, -0.25) is 0 Å². The first-order valence-corrected chi connectivity index (χ1v) is 7.08. The molecule has 0 saturated carbocycles. The summed E-state index contributed by atoms with van der Waals surface area (Å²) in [5.74, 6) is 0.402. The molecule has 1 heterocycles. The number of imidazole rings is 1. The SMILES string of the molecule is CC(C)(C)NC(N)=NCc1c(Cl)cccc1-n1ccnc1. The molecule has 5 nitrogen and oxygen atoms in total. The standard InChI is InChI=1S/C15H20ClN5/c1-15(2,3)20-14(17)19-9-11-12(16)5-4-6-13(11)21-8-7-18-10-21/h4-8,10H,9H2,1-3H3,(H3,17,19,20). The summed E-state index contributed by atoms with van der Waals surface area (Å²) < 4.78 is 1.91. The molecule has 0 atom stereocenters. The lowest BCUT2D eigenvalue weighted by Gasteiger charge is -2.21. The molecule has 0 fully saturated rings. The van der Waals surface area contributed by atoms with Crippen molar-refractivity contribution in [3.63, 3.8) is 0 Å². The van der Waals surface area contributed by atoms with Crippen molar-refractivity contribution in [3.05, 3.63) is 47.5 Å². The van der Waals surface area contributed by atoms with E-state index >= 15 is 0 Å². The predicted molar refractivity (Wildman–Crippen MR) is 86.8 cm³/mol. The van der Waals surface area contributed by atoms with Crippen molar-refractivity contribution in [2.24, 2.45) is 10.7 Å². The number of nitrogens with one attached hydrogen (secondary N) is 1. The summed E-state index contributed by atoms with van der Waals surface area (Å²) in [6, 6.07) is 5.73. The van der Waals surface area contributed by atoms with Crippen LogP contribution in [-0.2, 0) is 6.54 Å². The van der Waals surface area contributed by atoms with E-state index in [1.165, 1.54) is 0 Å². The van der Waals surface area contributed by atoms with E-state index in [2.05, 4.69) is 15.3 Å². The van der Waals surface area contributed by atoms with Crippen LogP contribution in [0.1, 0.15) is 26.3 Å². The number of nitrogens with zero attached hydrogens (tertiary/aromatic N) is 3. The Kier molecular flexibility index (Phi) is 4.53. The Morgan fingerprint density at radius 3 is 2.81 bits per heavy atom. The third-order valence-corrected chi connectivity index (χ3v) is 3.14. The smallest absolute Gasteiger partial charge is 0.189 e. The first kappa shape index (κ1) is 15.4. The van der Waals surface area contributed by atoms with Crippen LogP contribution in [0.4, 0.5) is 0 Å². The summed E-state index contributed by atoms with van der Waals surface area (Å²) in [4.78, 5) is 8.44. The van der Waals surface area contributed by atoms with Gasteiger partial charge in [0.25, 0.3) is 0 Å². The van der Waals surface area contributed by atoms with Crippen molar-refractivity contribution in [3.8, 4) is 5.69 Å². The van der Waals surface area contributed by atoms with Crippen LogP contribution in [0.2, 0.25) is 5.02 Å². The van der Waals surface area contributed by atoms with Crippen molar-refractivity contribution in [2.45, 2.75) is 32.9 Å². The van der Waals surface area contributed by atoms with Crippen molar-refractivity contribution in [1.29, 1.82) is 0 Å². The maximum absolute atomic E-state index is 6.30.